The summed E-state index contributed by atoms with van der Waals surface area (Å²) in [7, 11) is -3.51. The maximum Gasteiger partial charge on any atom is 0.258 e. The molecule has 0 saturated heterocycles. The summed E-state index contributed by atoms with van der Waals surface area (Å²) >= 11 is 1.57. The van der Waals surface area contributed by atoms with Crippen molar-refractivity contribution in [3.8, 4) is 10.6 Å². The minimum absolute atomic E-state index is 0.0195. The molecule has 8 heteroatoms. The zero-order valence-electron chi connectivity index (χ0n) is 15.5. The van der Waals surface area contributed by atoms with E-state index in [0.717, 1.165) is 20.8 Å². The molecule has 0 bridgehead atoms. The zero-order chi connectivity index (χ0) is 20.4. The van der Waals surface area contributed by atoms with Crippen molar-refractivity contribution in [2.45, 2.75) is 11.8 Å². The van der Waals surface area contributed by atoms with Gasteiger partial charge in [-0.3, -0.25) is 4.79 Å². The molecule has 2 aromatic heterocycles. The number of benzene rings is 2. The minimum atomic E-state index is -3.51. The van der Waals surface area contributed by atoms with Crippen LogP contribution in [0.3, 0.4) is 0 Å². The Labute approximate surface area is 172 Å². The third kappa shape index (κ3) is 3.90. The van der Waals surface area contributed by atoms with E-state index in [-0.39, 0.29) is 16.2 Å². The average molecular weight is 424 g/mol. The normalized spacial score (nSPS) is 11.5. The van der Waals surface area contributed by atoms with E-state index in [1.165, 1.54) is 12.1 Å². The number of pyridine rings is 1. The molecule has 29 heavy (non-hydrogen) atoms. The monoisotopic (exact) mass is 423 g/mol. The molecule has 146 valence electrons. The maximum absolute atomic E-state index is 12.6. The van der Waals surface area contributed by atoms with E-state index >= 15 is 0 Å². The Hall–Kier alpha value is -3.10. The maximum atomic E-state index is 12.6. The summed E-state index contributed by atoms with van der Waals surface area (Å²) in [4.78, 5) is 21.5. The molecule has 0 fully saturated rings. The number of rotatable bonds is 5. The number of aromatic nitrogens is 2. The number of hydrogen-bond donors (Lipinski definition) is 1. The van der Waals surface area contributed by atoms with E-state index < -0.39 is 15.7 Å². The number of para-hydroxylation sites is 1. The summed E-state index contributed by atoms with van der Waals surface area (Å²) in [5.74, 6) is -0.256. The smallest absolute Gasteiger partial charge is 0.258 e. The standard InChI is InChI=1S/C21H17N3O3S2/c1-2-29(26,27)18-10-6-3-7-15(18)20(25)24-19-12-11-14(13-22-19)21-23-16-8-4-5-9-17(16)28-21/h3-13H,2H2,1H3,(H,22,24,25). The van der Waals surface area contributed by atoms with Crippen molar-refractivity contribution < 1.29 is 13.2 Å². The molecule has 0 atom stereocenters. The lowest BCUT2D eigenvalue weighted by Gasteiger charge is -2.09. The lowest BCUT2D eigenvalue weighted by Crippen LogP contribution is -2.17. The first-order valence-electron chi connectivity index (χ1n) is 8.93. The van der Waals surface area contributed by atoms with E-state index in [9.17, 15) is 13.2 Å². The molecule has 0 radical (unpaired) electrons. The highest BCUT2D eigenvalue weighted by atomic mass is 32.2. The second-order valence-electron chi connectivity index (χ2n) is 6.27. The number of carbonyl (C=O) groups excluding carboxylic acids is 1. The van der Waals surface area contributed by atoms with E-state index in [1.54, 1.807) is 42.7 Å². The van der Waals surface area contributed by atoms with Crippen LogP contribution in [-0.4, -0.2) is 30.0 Å². The lowest BCUT2D eigenvalue weighted by atomic mass is 10.2. The molecule has 0 aliphatic carbocycles. The summed E-state index contributed by atoms with van der Waals surface area (Å²) in [6, 6.07) is 17.6. The van der Waals surface area contributed by atoms with Gasteiger partial charge in [0.25, 0.3) is 5.91 Å². The molecular formula is C21H17N3O3S2. The Kier molecular flexibility index (Phi) is 5.12. The molecule has 0 aliphatic rings. The SMILES string of the molecule is CCS(=O)(=O)c1ccccc1C(=O)Nc1ccc(-c2nc3ccccc3s2)cn1. The predicted octanol–water partition coefficient (Wildman–Crippen LogP) is 4.40. The lowest BCUT2D eigenvalue weighted by molar-refractivity contribution is 0.102. The molecule has 4 rings (SSSR count). The van der Waals surface area contributed by atoms with Crippen LogP contribution in [0.4, 0.5) is 5.82 Å². The van der Waals surface area contributed by atoms with Gasteiger partial charge in [0.15, 0.2) is 9.84 Å². The highest BCUT2D eigenvalue weighted by Gasteiger charge is 2.20. The first-order chi connectivity index (χ1) is 14.0. The quantitative estimate of drug-likeness (QED) is 0.514. The average Bonchev–Trinajstić information content (AvgIpc) is 3.18. The fourth-order valence-corrected chi connectivity index (χ4v) is 4.90. The molecule has 0 unspecified atom stereocenters. The summed E-state index contributed by atoms with van der Waals surface area (Å²) in [5.41, 5.74) is 1.88. The first-order valence-corrected chi connectivity index (χ1v) is 11.4. The number of sulfone groups is 1. The number of amides is 1. The molecular weight excluding hydrogens is 406 g/mol. The van der Waals surface area contributed by atoms with Gasteiger partial charge in [-0.15, -0.1) is 11.3 Å². The number of hydrogen-bond acceptors (Lipinski definition) is 6. The second-order valence-corrected chi connectivity index (χ2v) is 9.55. The Balaban J connectivity index is 1.57. The predicted molar refractivity (Wildman–Crippen MR) is 115 cm³/mol. The molecule has 0 spiro atoms. The van der Waals surface area contributed by atoms with Crippen molar-refractivity contribution in [3.63, 3.8) is 0 Å². The Morgan fingerprint density at radius 1 is 1.03 bits per heavy atom. The molecule has 0 aliphatic heterocycles. The summed E-state index contributed by atoms with van der Waals surface area (Å²) in [6.07, 6.45) is 1.64. The van der Waals surface area contributed by atoms with Gasteiger partial charge < -0.3 is 5.32 Å². The fourth-order valence-electron chi connectivity index (χ4n) is 2.85. The minimum Gasteiger partial charge on any atom is -0.307 e. The van der Waals surface area contributed by atoms with Crippen molar-refractivity contribution in [2.75, 3.05) is 11.1 Å². The molecule has 2 heterocycles. The van der Waals surface area contributed by atoms with Crippen molar-refractivity contribution in [3.05, 3.63) is 72.4 Å². The number of fused-ring (bicyclic) bond motifs is 1. The van der Waals surface area contributed by atoms with Gasteiger partial charge in [-0.2, -0.15) is 0 Å². The van der Waals surface area contributed by atoms with Crippen molar-refractivity contribution in [1.29, 1.82) is 0 Å². The van der Waals surface area contributed by atoms with Gasteiger partial charge in [-0.25, -0.2) is 18.4 Å². The second kappa shape index (κ2) is 7.73. The van der Waals surface area contributed by atoms with Crippen LogP contribution in [0.15, 0.2) is 71.8 Å². The summed E-state index contributed by atoms with van der Waals surface area (Å²) in [5, 5.41) is 3.51. The van der Waals surface area contributed by atoms with E-state index in [0.29, 0.717) is 5.82 Å². The van der Waals surface area contributed by atoms with Gasteiger partial charge in [0.2, 0.25) is 0 Å². The van der Waals surface area contributed by atoms with Gasteiger partial charge >= 0.3 is 0 Å². The largest absolute Gasteiger partial charge is 0.307 e. The number of thiazole rings is 1. The van der Waals surface area contributed by atoms with Gasteiger partial charge in [-0.05, 0) is 36.4 Å². The van der Waals surface area contributed by atoms with Crippen LogP contribution in [0.2, 0.25) is 0 Å². The van der Waals surface area contributed by atoms with Crippen LogP contribution in [0.1, 0.15) is 17.3 Å². The van der Waals surface area contributed by atoms with E-state index in [4.69, 9.17) is 0 Å². The van der Waals surface area contributed by atoms with Gasteiger partial charge in [0.05, 0.1) is 26.4 Å². The topological polar surface area (TPSA) is 89.0 Å². The van der Waals surface area contributed by atoms with Gasteiger partial charge in [0, 0.05) is 11.8 Å². The van der Waals surface area contributed by atoms with Crippen LogP contribution in [0.25, 0.3) is 20.8 Å². The zero-order valence-corrected chi connectivity index (χ0v) is 17.1. The van der Waals surface area contributed by atoms with Crippen molar-refractivity contribution >= 4 is 43.1 Å². The van der Waals surface area contributed by atoms with Crippen LogP contribution >= 0.6 is 11.3 Å². The molecule has 2 aromatic carbocycles. The third-order valence-corrected chi connectivity index (χ3v) is 7.26. The van der Waals surface area contributed by atoms with Crippen LogP contribution in [-0.2, 0) is 9.84 Å². The number of anilines is 1. The Bertz CT molecular complexity index is 1260. The molecule has 6 nitrogen and oxygen atoms in total. The molecule has 4 aromatic rings. The van der Waals surface area contributed by atoms with E-state index in [2.05, 4.69) is 15.3 Å². The third-order valence-electron chi connectivity index (χ3n) is 4.39. The highest BCUT2D eigenvalue weighted by Crippen LogP contribution is 2.30. The highest BCUT2D eigenvalue weighted by molar-refractivity contribution is 7.91. The molecule has 1 amide bonds. The summed E-state index contributed by atoms with van der Waals surface area (Å²) in [6.45, 7) is 1.55. The van der Waals surface area contributed by atoms with E-state index in [1.807, 2.05) is 30.3 Å². The number of nitrogens with one attached hydrogen (secondary N) is 1. The summed E-state index contributed by atoms with van der Waals surface area (Å²) < 4.78 is 25.6. The number of nitrogens with zero attached hydrogens (tertiary/aromatic N) is 2. The van der Waals surface area contributed by atoms with Crippen LogP contribution in [0, 0.1) is 0 Å². The number of carbonyl (C=O) groups is 1. The Morgan fingerprint density at radius 2 is 1.79 bits per heavy atom. The van der Waals surface area contributed by atoms with Crippen LogP contribution in [0.5, 0.6) is 0 Å². The first kappa shape index (κ1) is 19.2. The van der Waals surface area contributed by atoms with Gasteiger partial charge in [0.1, 0.15) is 10.8 Å². The Morgan fingerprint density at radius 3 is 2.52 bits per heavy atom. The van der Waals surface area contributed by atoms with Crippen molar-refractivity contribution in [1.82, 2.24) is 9.97 Å². The van der Waals surface area contributed by atoms with Gasteiger partial charge in [-0.1, -0.05) is 31.2 Å². The van der Waals surface area contributed by atoms with Crippen molar-refractivity contribution in [2.24, 2.45) is 0 Å². The molecule has 1 N–H and O–H groups in total. The fraction of sp³-hybridized carbons (Fsp3) is 0.0952. The molecule has 0 saturated carbocycles. The van der Waals surface area contributed by atoms with Crippen LogP contribution < -0.4 is 5.32 Å².